The maximum Gasteiger partial charge on any atom is 0.420 e. The molecule has 24 heavy (non-hydrogen) atoms. The van der Waals surface area contributed by atoms with Crippen LogP contribution in [0.15, 0.2) is 12.1 Å². The molecule has 1 aliphatic rings. The molecule has 1 aromatic rings. The van der Waals surface area contributed by atoms with Crippen LogP contribution in [0, 0.1) is 0 Å². The Labute approximate surface area is 139 Å². The van der Waals surface area contributed by atoms with Gasteiger partial charge >= 0.3 is 6.18 Å². The fraction of sp³-hybridized carbons (Fsp3) is 0.625. The Hall–Kier alpha value is -1.51. The van der Waals surface area contributed by atoms with Gasteiger partial charge in [-0.25, -0.2) is 0 Å². The predicted octanol–water partition coefficient (Wildman–Crippen LogP) is 3.02. The molecule has 0 spiro atoms. The van der Waals surface area contributed by atoms with Gasteiger partial charge in [-0.2, -0.15) is 13.2 Å². The highest BCUT2D eigenvalue weighted by Crippen LogP contribution is 2.45. The molecule has 0 N–H and O–H groups in total. The molecule has 1 saturated heterocycles. The van der Waals surface area contributed by atoms with Crippen LogP contribution in [0.25, 0.3) is 0 Å². The van der Waals surface area contributed by atoms with Crippen molar-refractivity contribution in [3.8, 4) is 5.75 Å². The van der Waals surface area contributed by atoms with Gasteiger partial charge in [0.2, 0.25) is 0 Å². The lowest BCUT2D eigenvalue weighted by atomic mass is 10.00. The van der Waals surface area contributed by atoms with Crippen molar-refractivity contribution >= 4 is 5.69 Å². The van der Waals surface area contributed by atoms with Gasteiger partial charge in [-0.15, -0.1) is 0 Å². The maximum atomic E-state index is 13.6. The lowest BCUT2D eigenvalue weighted by molar-refractivity contribution is -0.202. The van der Waals surface area contributed by atoms with Crippen molar-refractivity contribution in [2.45, 2.75) is 18.9 Å². The SMILES string of the molecule is COc1c(N2CCOCC2)cc(C(C)(OC)OC)cc1C(F)(F)F. The van der Waals surface area contributed by atoms with E-state index < -0.39 is 17.5 Å². The third-order valence-corrected chi connectivity index (χ3v) is 4.23. The van der Waals surface area contributed by atoms with Gasteiger partial charge in [0.05, 0.1) is 26.0 Å². The van der Waals surface area contributed by atoms with Gasteiger partial charge in [-0.3, -0.25) is 0 Å². The number of benzene rings is 1. The quantitative estimate of drug-likeness (QED) is 0.765. The van der Waals surface area contributed by atoms with Crippen LogP contribution in [0.3, 0.4) is 0 Å². The summed E-state index contributed by atoms with van der Waals surface area (Å²) in [5.41, 5.74) is -0.239. The van der Waals surface area contributed by atoms with E-state index >= 15 is 0 Å². The summed E-state index contributed by atoms with van der Waals surface area (Å²) < 4.78 is 61.6. The van der Waals surface area contributed by atoms with Crippen molar-refractivity contribution in [2.24, 2.45) is 0 Å². The minimum absolute atomic E-state index is 0.206. The van der Waals surface area contributed by atoms with Crippen LogP contribution in [0.2, 0.25) is 0 Å². The first-order chi connectivity index (χ1) is 11.3. The first-order valence-electron chi connectivity index (χ1n) is 7.49. The monoisotopic (exact) mass is 349 g/mol. The number of anilines is 1. The van der Waals surface area contributed by atoms with Crippen molar-refractivity contribution in [1.82, 2.24) is 0 Å². The molecule has 0 aliphatic carbocycles. The first kappa shape index (κ1) is 18.8. The Bertz CT molecular complexity index is 567. The Morgan fingerprint density at radius 3 is 2.08 bits per heavy atom. The number of hydrogen-bond donors (Lipinski definition) is 0. The molecular weight excluding hydrogens is 327 g/mol. The number of methoxy groups -OCH3 is 3. The summed E-state index contributed by atoms with van der Waals surface area (Å²) >= 11 is 0. The van der Waals surface area contributed by atoms with E-state index in [1.54, 1.807) is 13.0 Å². The second kappa shape index (κ2) is 7.16. The lowest BCUT2D eigenvalue weighted by Gasteiger charge is -2.34. The van der Waals surface area contributed by atoms with Gasteiger partial charge in [0.25, 0.3) is 0 Å². The zero-order valence-electron chi connectivity index (χ0n) is 14.2. The van der Waals surface area contributed by atoms with E-state index in [4.69, 9.17) is 18.9 Å². The molecule has 2 rings (SSSR count). The molecular formula is C16H22F3NO4. The molecule has 0 saturated carbocycles. The molecule has 5 nitrogen and oxygen atoms in total. The van der Waals surface area contributed by atoms with E-state index in [1.165, 1.54) is 21.3 Å². The molecule has 0 unspecified atom stereocenters. The van der Waals surface area contributed by atoms with E-state index in [-0.39, 0.29) is 11.3 Å². The summed E-state index contributed by atoms with van der Waals surface area (Å²) in [6, 6.07) is 2.63. The smallest absolute Gasteiger partial charge is 0.420 e. The third-order valence-electron chi connectivity index (χ3n) is 4.23. The Morgan fingerprint density at radius 2 is 1.62 bits per heavy atom. The van der Waals surface area contributed by atoms with Crippen LogP contribution in [0.4, 0.5) is 18.9 Å². The number of alkyl halides is 3. The highest BCUT2D eigenvalue weighted by molar-refractivity contribution is 5.65. The maximum absolute atomic E-state index is 13.6. The summed E-state index contributed by atoms with van der Waals surface area (Å²) in [4.78, 5) is 1.81. The van der Waals surface area contributed by atoms with E-state index in [9.17, 15) is 13.2 Å². The second-order valence-corrected chi connectivity index (χ2v) is 5.53. The lowest BCUT2D eigenvalue weighted by Crippen LogP contribution is -2.37. The van der Waals surface area contributed by atoms with Crippen LogP contribution >= 0.6 is 0 Å². The molecule has 1 aliphatic heterocycles. The summed E-state index contributed by atoms with van der Waals surface area (Å²) in [7, 11) is 4.00. The number of morpholine rings is 1. The van der Waals surface area contributed by atoms with Crippen LogP contribution < -0.4 is 9.64 Å². The third kappa shape index (κ3) is 3.60. The van der Waals surface area contributed by atoms with Gasteiger partial charge < -0.3 is 23.8 Å². The van der Waals surface area contributed by atoms with E-state index in [0.29, 0.717) is 32.0 Å². The summed E-state index contributed by atoms with van der Waals surface area (Å²) in [5.74, 6) is -1.50. The standard InChI is InChI=1S/C16H22F3NO4/c1-15(22-3,23-4)11-9-12(16(17,18)19)14(21-2)13(10-11)20-5-7-24-8-6-20/h9-10H,5-8H2,1-4H3. The number of rotatable bonds is 5. The molecule has 0 bridgehead atoms. The number of ether oxygens (including phenoxy) is 4. The zero-order chi connectivity index (χ0) is 18.0. The normalized spacial score (nSPS) is 16.4. The largest absolute Gasteiger partial charge is 0.494 e. The number of hydrogen-bond acceptors (Lipinski definition) is 5. The first-order valence-corrected chi connectivity index (χ1v) is 7.49. The Balaban J connectivity index is 2.66. The van der Waals surface area contributed by atoms with Crippen LogP contribution in [-0.2, 0) is 26.2 Å². The Kier molecular flexibility index (Phi) is 5.62. The van der Waals surface area contributed by atoms with Crippen molar-refractivity contribution in [1.29, 1.82) is 0 Å². The summed E-state index contributed by atoms with van der Waals surface area (Å²) in [6.07, 6.45) is -4.56. The molecule has 136 valence electrons. The van der Waals surface area contributed by atoms with E-state index in [1.807, 2.05) is 4.90 Å². The molecule has 1 fully saturated rings. The highest BCUT2D eigenvalue weighted by Gasteiger charge is 2.39. The molecule has 0 atom stereocenters. The van der Waals surface area contributed by atoms with Gasteiger partial charge in [-0.1, -0.05) is 0 Å². The zero-order valence-corrected chi connectivity index (χ0v) is 14.2. The summed E-state index contributed by atoms with van der Waals surface area (Å²) in [5, 5.41) is 0. The van der Waals surface area contributed by atoms with Crippen molar-refractivity contribution < 1.29 is 32.1 Å². The fourth-order valence-corrected chi connectivity index (χ4v) is 2.66. The molecule has 0 aromatic heterocycles. The second-order valence-electron chi connectivity index (χ2n) is 5.53. The van der Waals surface area contributed by atoms with Gasteiger partial charge in [0.1, 0.15) is 5.56 Å². The highest BCUT2D eigenvalue weighted by atomic mass is 19.4. The average Bonchev–Trinajstić information content (AvgIpc) is 2.59. The van der Waals surface area contributed by atoms with Gasteiger partial charge in [0, 0.05) is 32.9 Å². The Morgan fingerprint density at radius 1 is 1.04 bits per heavy atom. The van der Waals surface area contributed by atoms with Gasteiger partial charge in [-0.05, 0) is 19.1 Å². The molecule has 1 aromatic carbocycles. The molecule has 1 heterocycles. The minimum Gasteiger partial charge on any atom is -0.494 e. The van der Waals surface area contributed by atoms with Crippen molar-refractivity contribution in [3.05, 3.63) is 23.3 Å². The van der Waals surface area contributed by atoms with Crippen LogP contribution in [0.1, 0.15) is 18.1 Å². The topological polar surface area (TPSA) is 40.2 Å². The predicted molar refractivity (Wildman–Crippen MR) is 82.4 cm³/mol. The van der Waals surface area contributed by atoms with Crippen molar-refractivity contribution in [2.75, 3.05) is 52.5 Å². The van der Waals surface area contributed by atoms with E-state index in [2.05, 4.69) is 0 Å². The molecule has 8 heteroatoms. The van der Waals surface area contributed by atoms with Gasteiger partial charge in [0.15, 0.2) is 11.5 Å². The summed E-state index contributed by atoms with van der Waals surface area (Å²) in [6.45, 7) is 3.42. The molecule has 0 radical (unpaired) electrons. The van der Waals surface area contributed by atoms with Crippen LogP contribution in [0.5, 0.6) is 5.75 Å². The van der Waals surface area contributed by atoms with Crippen molar-refractivity contribution in [3.63, 3.8) is 0 Å². The van der Waals surface area contributed by atoms with E-state index in [0.717, 1.165) is 6.07 Å². The fourth-order valence-electron chi connectivity index (χ4n) is 2.66. The average molecular weight is 349 g/mol. The molecule has 0 amide bonds. The minimum atomic E-state index is -4.56. The number of nitrogens with zero attached hydrogens (tertiary/aromatic N) is 1. The number of halogens is 3. The van der Waals surface area contributed by atoms with Crippen LogP contribution in [-0.4, -0.2) is 47.6 Å².